The molecule has 0 saturated heterocycles. The molecule has 1 rings (SSSR count). The fraction of sp³-hybridized carbons (Fsp3) is 0.500. The van der Waals surface area contributed by atoms with Crippen molar-refractivity contribution in [3.05, 3.63) is 0 Å². The summed E-state index contributed by atoms with van der Waals surface area (Å²) in [6.45, 7) is 0. The molecule has 0 aromatic heterocycles. The van der Waals surface area contributed by atoms with Gasteiger partial charge in [-0.1, -0.05) is 33.4 Å². The molecule has 0 nitrogen and oxygen atoms in total. The molecule has 0 bridgehead atoms. The average Bonchev–Trinajstić information content (AvgIpc) is 1.72. The fourth-order valence-corrected chi connectivity index (χ4v) is 1.59. The minimum absolute atomic E-state index is 1.02. The molecule has 1 aliphatic heterocycles. The molecule has 0 amide bonds. The van der Waals surface area contributed by atoms with Crippen molar-refractivity contribution in [1.29, 1.82) is 0 Å². The Labute approximate surface area is 45.5 Å². The molecule has 0 fully saturated rings. The first kappa shape index (κ1) is 4.42. The van der Waals surface area contributed by atoms with Gasteiger partial charge in [0.05, 0.1) is 11.5 Å². The van der Waals surface area contributed by atoms with Gasteiger partial charge in [0.1, 0.15) is 0 Å². The summed E-state index contributed by atoms with van der Waals surface area (Å²) in [4.78, 5) is 0. The van der Waals surface area contributed by atoms with Gasteiger partial charge in [-0.3, -0.25) is 0 Å². The van der Waals surface area contributed by atoms with Crippen LogP contribution in [0.1, 0.15) is 0 Å². The molecule has 0 unspecified atom stereocenters. The van der Waals surface area contributed by atoms with Crippen LogP contribution in [0.5, 0.6) is 0 Å². The summed E-state index contributed by atoms with van der Waals surface area (Å²) in [5.74, 6) is 7.99. The van der Waals surface area contributed by atoms with E-state index in [0.717, 1.165) is 11.5 Å². The molecule has 0 atom stereocenters. The number of hydrogen-bond donors (Lipinski definition) is 0. The largest absolute Gasteiger partial charge is 0.0906 e. The highest BCUT2D eigenvalue weighted by Gasteiger charge is 1.86. The Morgan fingerprint density at radius 3 is 1.67 bits per heavy atom. The summed E-state index contributed by atoms with van der Waals surface area (Å²) in [7, 11) is 3.68. The van der Waals surface area contributed by atoms with Crippen molar-refractivity contribution in [2.75, 3.05) is 11.5 Å². The molecular weight excluding hydrogens is 112 g/mol. The molecule has 1 heterocycles. The molecule has 2 heteroatoms. The van der Waals surface area contributed by atoms with Gasteiger partial charge in [0.15, 0.2) is 0 Å². The molecule has 0 radical (unpaired) electrons. The van der Waals surface area contributed by atoms with Gasteiger partial charge in [0.25, 0.3) is 0 Å². The zero-order valence-corrected chi connectivity index (χ0v) is 4.86. The van der Waals surface area contributed by atoms with Crippen molar-refractivity contribution in [1.82, 2.24) is 0 Å². The van der Waals surface area contributed by atoms with Crippen LogP contribution in [-0.4, -0.2) is 11.5 Å². The van der Waals surface area contributed by atoms with E-state index >= 15 is 0 Å². The highest BCUT2D eigenvalue weighted by Crippen LogP contribution is 2.21. The highest BCUT2D eigenvalue weighted by molar-refractivity contribution is 8.76. The van der Waals surface area contributed by atoms with Crippen LogP contribution >= 0.6 is 21.6 Å². The van der Waals surface area contributed by atoms with E-state index in [9.17, 15) is 0 Å². The molecular formula is C4H4S2. The molecule has 6 heavy (non-hydrogen) atoms. The van der Waals surface area contributed by atoms with Crippen LogP contribution in [0.2, 0.25) is 0 Å². The zero-order chi connectivity index (χ0) is 4.24. The molecule has 0 saturated carbocycles. The number of hydrogen-bond acceptors (Lipinski definition) is 2. The third-order valence-electron chi connectivity index (χ3n) is 0.471. The van der Waals surface area contributed by atoms with E-state index in [2.05, 4.69) is 11.8 Å². The summed E-state index contributed by atoms with van der Waals surface area (Å²) in [5, 5.41) is 0. The van der Waals surface area contributed by atoms with Crippen molar-refractivity contribution in [2.24, 2.45) is 0 Å². The molecule has 0 aromatic rings. The molecule has 32 valence electrons. The van der Waals surface area contributed by atoms with Crippen molar-refractivity contribution in [3.63, 3.8) is 0 Å². The van der Waals surface area contributed by atoms with E-state index in [4.69, 9.17) is 0 Å². The molecule has 0 aliphatic carbocycles. The monoisotopic (exact) mass is 116 g/mol. The Hall–Kier alpha value is 0.260. The lowest BCUT2D eigenvalue weighted by molar-refractivity contribution is 1.86. The van der Waals surface area contributed by atoms with Crippen molar-refractivity contribution < 1.29 is 0 Å². The minimum atomic E-state index is 1.02. The van der Waals surface area contributed by atoms with Crippen molar-refractivity contribution >= 4 is 21.6 Å². The first-order valence-corrected chi connectivity index (χ1v) is 4.19. The smallest absolute Gasteiger partial charge is 0.0651 e. The lowest BCUT2D eigenvalue weighted by Crippen LogP contribution is -1.76. The molecule has 0 spiro atoms. The first-order valence-electron chi connectivity index (χ1n) is 1.70. The van der Waals surface area contributed by atoms with Crippen LogP contribution in [0.3, 0.4) is 0 Å². The predicted octanol–water partition coefficient (Wildman–Crippen LogP) is 1.38. The van der Waals surface area contributed by atoms with Crippen LogP contribution in [0.4, 0.5) is 0 Å². The fourth-order valence-electron chi connectivity index (χ4n) is 0.244. The highest BCUT2D eigenvalue weighted by atomic mass is 33.1. The Morgan fingerprint density at radius 2 is 1.50 bits per heavy atom. The second-order valence-electron chi connectivity index (χ2n) is 0.878. The maximum absolute atomic E-state index is 2.98. The second-order valence-corrected chi connectivity index (χ2v) is 3.34. The molecule has 0 aromatic carbocycles. The van der Waals surface area contributed by atoms with Crippen LogP contribution in [-0.2, 0) is 0 Å². The van der Waals surface area contributed by atoms with E-state index in [1.807, 2.05) is 21.6 Å². The zero-order valence-electron chi connectivity index (χ0n) is 3.23. The van der Waals surface area contributed by atoms with Gasteiger partial charge in [0.2, 0.25) is 0 Å². The van der Waals surface area contributed by atoms with E-state index in [1.54, 1.807) is 0 Å². The van der Waals surface area contributed by atoms with Gasteiger partial charge in [-0.2, -0.15) is 0 Å². The standard InChI is InChI=1S/C4H4S2/c1-2-4-6-5-3-1/h3-4H2. The topological polar surface area (TPSA) is 0 Å². The van der Waals surface area contributed by atoms with Gasteiger partial charge in [0, 0.05) is 0 Å². The Kier molecular flexibility index (Phi) is 1.79. The lowest BCUT2D eigenvalue weighted by atomic mass is 10.7. The normalized spacial score (nSPS) is 18.7. The third-order valence-corrected chi connectivity index (χ3v) is 2.37. The quantitative estimate of drug-likeness (QED) is 0.346. The SMILES string of the molecule is C1#CCSSC1. The maximum Gasteiger partial charge on any atom is 0.0651 e. The van der Waals surface area contributed by atoms with Gasteiger partial charge in [-0.05, 0) is 0 Å². The van der Waals surface area contributed by atoms with Gasteiger partial charge < -0.3 is 0 Å². The van der Waals surface area contributed by atoms with E-state index in [1.165, 1.54) is 0 Å². The van der Waals surface area contributed by atoms with E-state index < -0.39 is 0 Å². The average molecular weight is 116 g/mol. The predicted molar refractivity (Wildman–Crippen MR) is 32.7 cm³/mol. The van der Waals surface area contributed by atoms with E-state index in [-0.39, 0.29) is 0 Å². The van der Waals surface area contributed by atoms with Gasteiger partial charge in [-0.25, -0.2) is 0 Å². The first-order chi connectivity index (χ1) is 3.00. The Balaban J connectivity index is 2.36. The summed E-state index contributed by atoms with van der Waals surface area (Å²) in [6.07, 6.45) is 0. The second kappa shape index (κ2) is 2.44. The maximum atomic E-state index is 2.98. The Bertz CT molecular complexity index is 77.5. The lowest BCUT2D eigenvalue weighted by Gasteiger charge is -1.92. The summed E-state index contributed by atoms with van der Waals surface area (Å²) in [6, 6.07) is 0. The van der Waals surface area contributed by atoms with Gasteiger partial charge in [-0.15, -0.1) is 0 Å². The van der Waals surface area contributed by atoms with Crippen molar-refractivity contribution in [2.45, 2.75) is 0 Å². The molecule has 1 aliphatic rings. The van der Waals surface area contributed by atoms with Crippen LogP contribution in [0.25, 0.3) is 0 Å². The summed E-state index contributed by atoms with van der Waals surface area (Å²) >= 11 is 0. The number of rotatable bonds is 0. The van der Waals surface area contributed by atoms with Crippen LogP contribution in [0.15, 0.2) is 0 Å². The van der Waals surface area contributed by atoms with Crippen LogP contribution < -0.4 is 0 Å². The summed E-state index contributed by atoms with van der Waals surface area (Å²) in [5.41, 5.74) is 0. The Morgan fingerprint density at radius 1 is 1.00 bits per heavy atom. The molecule has 0 N–H and O–H groups in total. The summed E-state index contributed by atoms with van der Waals surface area (Å²) < 4.78 is 0. The van der Waals surface area contributed by atoms with Crippen molar-refractivity contribution in [3.8, 4) is 11.8 Å². The minimum Gasteiger partial charge on any atom is -0.0906 e. The van der Waals surface area contributed by atoms with E-state index in [0.29, 0.717) is 0 Å². The van der Waals surface area contributed by atoms with Crippen LogP contribution in [0, 0.1) is 11.8 Å². The third kappa shape index (κ3) is 1.16. The van der Waals surface area contributed by atoms with Gasteiger partial charge >= 0.3 is 0 Å².